The monoisotopic (exact) mass is 338 g/mol. The predicted octanol–water partition coefficient (Wildman–Crippen LogP) is -0.0245. The van der Waals surface area contributed by atoms with E-state index >= 15 is 0 Å². The quantitative estimate of drug-likeness (QED) is 0.448. The van der Waals surface area contributed by atoms with Gasteiger partial charge >= 0.3 is 0 Å². The van der Waals surface area contributed by atoms with Gasteiger partial charge in [-0.05, 0) is 32.7 Å². The summed E-state index contributed by atoms with van der Waals surface area (Å²) in [5.41, 5.74) is 5.26. The number of hydrogen-bond donors (Lipinski definition) is 3. The first-order chi connectivity index (χ1) is 11.6. The van der Waals surface area contributed by atoms with Crippen molar-refractivity contribution >= 4 is 11.9 Å². The molecule has 7 nitrogen and oxygen atoms in total. The lowest BCUT2D eigenvalue weighted by Crippen LogP contribution is -2.50. The van der Waals surface area contributed by atoms with Gasteiger partial charge in [0.25, 0.3) is 0 Å². The maximum atomic E-state index is 11.0. The van der Waals surface area contributed by atoms with Crippen LogP contribution < -0.4 is 16.4 Å². The Balaban J connectivity index is 1.63. The normalized spacial score (nSPS) is 21.4. The number of primary amides is 1. The number of piperidine rings is 1. The summed E-state index contributed by atoms with van der Waals surface area (Å²) < 4.78 is 0. The second-order valence-corrected chi connectivity index (χ2v) is 7.08. The van der Waals surface area contributed by atoms with Crippen LogP contribution in [0.4, 0.5) is 0 Å². The van der Waals surface area contributed by atoms with Gasteiger partial charge in [0.1, 0.15) is 0 Å². The molecule has 0 spiro atoms. The number of likely N-dealkylation sites (N-methyl/N-ethyl adjacent to an activating group) is 1. The molecule has 1 aliphatic carbocycles. The molecule has 0 atom stereocenters. The first-order valence-corrected chi connectivity index (χ1v) is 9.26. The van der Waals surface area contributed by atoms with Gasteiger partial charge in [0.2, 0.25) is 5.91 Å². The molecular formula is C17H34N6O. The number of carbonyl (C=O) groups excluding carboxylic acids is 1. The Morgan fingerprint density at radius 2 is 1.92 bits per heavy atom. The highest BCUT2D eigenvalue weighted by atomic mass is 16.1. The molecule has 1 heterocycles. The minimum atomic E-state index is -0.245. The number of hydrogen-bond acceptors (Lipinski definition) is 4. The first kappa shape index (κ1) is 19.0. The molecule has 0 radical (unpaired) electrons. The zero-order valence-corrected chi connectivity index (χ0v) is 15.3. The van der Waals surface area contributed by atoms with Crippen molar-refractivity contribution in [1.82, 2.24) is 20.4 Å². The third-order valence-corrected chi connectivity index (χ3v) is 5.24. The summed E-state index contributed by atoms with van der Waals surface area (Å²) in [6, 6.07) is 1.17. The fourth-order valence-corrected chi connectivity index (χ4v) is 3.72. The van der Waals surface area contributed by atoms with Gasteiger partial charge in [-0.25, -0.2) is 0 Å². The van der Waals surface area contributed by atoms with E-state index in [4.69, 9.17) is 5.73 Å². The summed E-state index contributed by atoms with van der Waals surface area (Å²) in [7, 11) is 4.04. The molecule has 0 aromatic heterocycles. The fourth-order valence-electron chi connectivity index (χ4n) is 3.72. The minimum Gasteiger partial charge on any atom is -0.369 e. The third-order valence-electron chi connectivity index (χ3n) is 5.24. The van der Waals surface area contributed by atoms with Gasteiger partial charge in [-0.15, -0.1) is 0 Å². The number of nitrogens with two attached hydrogens (primary N) is 1. The average Bonchev–Trinajstić information content (AvgIpc) is 3.09. The van der Waals surface area contributed by atoms with Gasteiger partial charge < -0.3 is 21.3 Å². The summed E-state index contributed by atoms with van der Waals surface area (Å²) >= 11 is 0. The van der Waals surface area contributed by atoms with E-state index in [9.17, 15) is 4.79 Å². The topological polar surface area (TPSA) is 86.0 Å². The van der Waals surface area contributed by atoms with Gasteiger partial charge in [-0.3, -0.25) is 14.7 Å². The van der Waals surface area contributed by atoms with Crippen LogP contribution in [0.2, 0.25) is 0 Å². The predicted molar refractivity (Wildman–Crippen MR) is 98.0 cm³/mol. The number of likely N-dealkylation sites (tertiary alicyclic amines) is 1. The zero-order valence-electron chi connectivity index (χ0n) is 15.3. The number of amides is 1. The van der Waals surface area contributed by atoms with Crippen LogP contribution in [0, 0.1) is 0 Å². The summed E-state index contributed by atoms with van der Waals surface area (Å²) in [6.45, 7) is 4.13. The second-order valence-electron chi connectivity index (χ2n) is 7.08. The number of aliphatic imine (C=N–C) groups is 1. The van der Waals surface area contributed by atoms with Crippen LogP contribution in [0.25, 0.3) is 0 Å². The van der Waals surface area contributed by atoms with E-state index in [1.807, 2.05) is 7.05 Å². The van der Waals surface area contributed by atoms with Crippen LogP contribution in [-0.2, 0) is 4.79 Å². The highest BCUT2D eigenvalue weighted by Gasteiger charge is 2.21. The third kappa shape index (κ3) is 6.28. The standard InChI is InChI=1S/C17H34N6O/c1-19-17(20-9-12-22(2)15-5-3-4-6-15)21-14-7-10-23(11-8-14)13-16(18)24/h14-15H,3-13H2,1-2H3,(H2,18,24)(H2,19,20,21). The second kappa shape index (κ2) is 9.84. The van der Waals surface area contributed by atoms with Gasteiger partial charge in [0.05, 0.1) is 6.54 Å². The smallest absolute Gasteiger partial charge is 0.231 e. The Kier molecular flexibility index (Phi) is 7.78. The van der Waals surface area contributed by atoms with Crippen molar-refractivity contribution in [3.8, 4) is 0 Å². The van der Waals surface area contributed by atoms with E-state index in [-0.39, 0.29) is 5.91 Å². The fraction of sp³-hybridized carbons (Fsp3) is 0.882. The Labute approximate surface area is 146 Å². The van der Waals surface area contributed by atoms with Crippen molar-refractivity contribution < 1.29 is 4.79 Å². The van der Waals surface area contributed by atoms with E-state index in [1.54, 1.807) is 0 Å². The zero-order chi connectivity index (χ0) is 17.4. The molecule has 1 saturated heterocycles. The SMILES string of the molecule is CN=C(NCCN(C)C1CCCC1)NC1CCN(CC(N)=O)CC1. The molecule has 0 aromatic rings. The van der Waals surface area contributed by atoms with Crippen LogP contribution in [0.15, 0.2) is 4.99 Å². The molecule has 0 bridgehead atoms. The van der Waals surface area contributed by atoms with Crippen molar-refractivity contribution in [1.29, 1.82) is 0 Å². The number of rotatable bonds is 7. The Morgan fingerprint density at radius 3 is 2.50 bits per heavy atom. The lowest BCUT2D eigenvalue weighted by molar-refractivity contribution is -0.119. The van der Waals surface area contributed by atoms with Gasteiger partial charge in [0.15, 0.2) is 5.96 Å². The van der Waals surface area contributed by atoms with Crippen LogP contribution in [0.1, 0.15) is 38.5 Å². The molecule has 0 unspecified atom stereocenters. The lowest BCUT2D eigenvalue weighted by atomic mass is 10.1. The molecule has 1 amide bonds. The molecule has 1 aliphatic heterocycles. The Bertz CT molecular complexity index is 413. The number of carbonyl (C=O) groups is 1. The highest BCUT2D eigenvalue weighted by molar-refractivity contribution is 5.80. The minimum absolute atomic E-state index is 0.245. The molecule has 2 aliphatic rings. The number of guanidine groups is 1. The molecule has 0 aromatic carbocycles. The van der Waals surface area contributed by atoms with Crippen LogP contribution in [-0.4, -0.2) is 80.6 Å². The Morgan fingerprint density at radius 1 is 1.25 bits per heavy atom. The van der Waals surface area contributed by atoms with E-state index in [0.717, 1.165) is 51.0 Å². The first-order valence-electron chi connectivity index (χ1n) is 9.26. The van der Waals surface area contributed by atoms with Crippen molar-refractivity contribution in [2.24, 2.45) is 10.7 Å². The van der Waals surface area contributed by atoms with Crippen molar-refractivity contribution in [3.63, 3.8) is 0 Å². The highest BCUT2D eigenvalue weighted by Crippen LogP contribution is 2.21. The summed E-state index contributed by atoms with van der Waals surface area (Å²) in [6.07, 6.45) is 7.45. The largest absolute Gasteiger partial charge is 0.369 e. The van der Waals surface area contributed by atoms with Crippen molar-refractivity contribution in [3.05, 3.63) is 0 Å². The Hall–Kier alpha value is -1.34. The number of nitrogens with one attached hydrogen (secondary N) is 2. The molecule has 2 fully saturated rings. The van der Waals surface area contributed by atoms with E-state index in [0.29, 0.717) is 12.6 Å². The van der Waals surface area contributed by atoms with Crippen LogP contribution >= 0.6 is 0 Å². The maximum absolute atomic E-state index is 11.0. The van der Waals surface area contributed by atoms with Gasteiger partial charge in [-0.2, -0.15) is 0 Å². The average molecular weight is 339 g/mol. The molecular weight excluding hydrogens is 304 g/mol. The van der Waals surface area contributed by atoms with E-state index in [1.165, 1.54) is 25.7 Å². The molecule has 4 N–H and O–H groups in total. The maximum Gasteiger partial charge on any atom is 0.231 e. The molecule has 7 heteroatoms. The molecule has 1 saturated carbocycles. The molecule has 24 heavy (non-hydrogen) atoms. The summed E-state index contributed by atoms with van der Waals surface area (Å²) in [5, 5.41) is 6.92. The summed E-state index contributed by atoms with van der Waals surface area (Å²) in [5.74, 6) is 0.633. The summed E-state index contributed by atoms with van der Waals surface area (Å²) in [4.78, 5) is 19.9. The number of nitrogens with zero attached hydrogens (tertiary/aromatic N) is 3. The molecule has 138 valence electrons. The van der Waals surface area contributed by atoms with Crippen LogP contribution in [0.5, 0.6) is 0 Å². The van der Waals surface area contributed by atoms with E-state index < -0.39 is 0 Å². The van der Waals surface area contributed by atoms with Gasteiger partial charge in [0, 0.05) is 45.3 Å². The van der Waals surface area contributed by atoms with Crippen LogP contribution in [0.3, 0.4) is 0 Å². The van der Waals surface area contributed by atoms with Crippen molar-refractivity contribution in [2.45, 2.75) is 50.6 Å². The molecule has 2 rings (SSSR count). The lowest BCUT2D eigenvalue weighted by Gasteiger charge is -2.32. The van der Waals surface area contributed by atoms with Gasteiger partial charge in [-0.1, -0.05) is 12.8 Å². The van der Waals surface area contributed by atoms with Crippen molar-refractivity contribution in [2.75, 3.05) is 46.8 Å². The van der Waals surface area contributed by atoms with E-state index in [2.05, 4.69) is 32.5 Å².